The molecular formula is C16H26N2OS. The molecule has 20 heavy (non-hydrogen) atoms. The van der Waals surface area contributed by atoms with Gasteiger partial charge in [0, 0.05) is 18.3 Å². The lowest BCUT2D eigenvalue weighted by atomic mass is 9.81. The van der Waals surface area contributed by atoms with E-state index in [0.29, 0.717) is 0 Å². The zero-order valence-corrected chi connectivity index (χ0v) is 13.4. The number of nitrogens with one attached hydrogen (secondary N) is 2. The number of hydrogen-bond acceptors (Lipinski definition) is 3. The average molecular weight is 294 g/mol. The molecule has 0 aromatic carbocycles. The average Bonchev–Trinajstić information content (AvgIpc) is 2.83. The quantitative estimate of drug-likeness (QED) is 0.778. The van der Waals surface area contributed by atoms with Crippen LogP contribution in [-0.4, -0.2) is 12.5 Å². The number of thiophene rings is 1. The Hall–Kier alpha value is -0.870. The molecule has 0 spiro atoms. The van der Waals surface area contributed by atoms with E-state index in [1.807, 2.05) is 11.4 Å². The molecule has 1 aliphatic rings. The first kappa shape index (κ1) is 15.5. The van der Waals surface area contributed by atoms with Crippen molar-refractivity contribution in [1.82, 2.24) is 5.32 Å². The van der Waals surface area contributed by atoms with Gasteiger partial charge in [-0.2, -0.15) is 0 Å². The Balaban J connectivity index is 1.66. The van der Waals surface area contributed by atoms with Crippen LogP contribution in [0, 0.1) is 11.8 Å². The van der Waals surface area contributed by atoms with E-state index < -0.39 is 0 Å². The predicted molar refractivity (Wildman–Crippen MR) is 86.1 cm³/mol. The monoisotopic (exact) mass is 294 g/mol. The van der Waals surface area contributed by atoms with Crippen molar-refractivity contribution >= 4 is 22.9 Å². The van der Waals surface area contributed by atoms with Gasteiger partial charge in [0.25, 0.3) is 0 Å². The fraction of sp³-hybridized carbons (Fsp3) is 0.688. The van der Waals surface area contributed by atoms with E-state index in [0.717, 1.165) is 30.6 Å². The van der Waals surface area contributed by atoms with Crippen LogP contribution in [0.15, 0.2) is 11.4 Å². The summed E-state index contributed by atoms with van der Waals surface area (Å²) < 4.78 is 0. The van der Waals surface area contributed by atoms with Gasteiger partial charge in [-0.25, -0.2) is 0 Å². The van der Waals surface area contributed by atoms with E-state index in [1.165, 1.54) is 37.0 Å². The van der Waals surface area contributed by atoms with Crippen LogP contribution in [0.25, 0.3) is 0 Å². The molecule has 1 amide bonds. The third-order valence-corrected chi connectivity index (χ3v) is 5.13. The van der Waals surface area contributed by atoms with Gasteiger partial charge in [-0.3, -0.25) is 4.79 Å². The summed E-state index contributed by atoms with van der Waals surface area (Å²) in [6.45, 7) is 5.86. The topological polar surface area (TPSA) is 41.1 Å². The second kappa shape index (κ2) is 7.79. The molecule has 0 saturated heterocycles. The van der Waals surface area contributed by atoms with Crippen molar-refractivity contribution in [3.05, 3.63) is 16.3 Å². The van der Waals surface area contributed by atoms with Crippen molar-refractivity contribution in [1.29, 1.82) is 0 Å². The van der Waals surface area contributed by atoms with Gasteiger partial charge in [-0.1, -0.05) is 32.6 Å². The molecule has 1 heterocycles. The maximum absolute atomic E-state index is 11.1. The molecule has 0 atom stereocenters. The lowest BCUT2D eigenvalue weighted by Crippen LogP contribution is -2.20. The summed E-state index contributed by atoms with van der Waals surface area (Å²) in [6.07, 6.45) is 6.90. The minimum atomic E-state index is 0.000903. The molecule has 2 N–H and O–H groups in total. The van der Waals surface area contributed by atoms with Crippen LogP contribution in [-0.2, 0) is 11.3 Å². The molecule has 0 unspecified atom stereocenters. The summed E-state index contributed by atoms with van der Waals surface area (Å²) in [5.41, 5.74) is 0.960. The van der Waals surface area contributed by atoms with Crippen molar-refractivity contribution in [3.63, 3.8) is 0 Å². The molecule has 112 valence electrons. The van der Waals surface area contributed by atoms with E-state index in [2.05, 4.69) is 17.6 Å². The Morgan fingerprint density at radius 1 is 1.35 bits per heavy atom. The number of anilines is 1. The van der Waals surface area contributed by atoms with Crippen LogP contribution in [0.2, 0.25) is 0 Å². The van der Waals surface area contributed by atoms with E-state index >= 15 is 0 Å². The predicted octanol–water partition coefficient (Wildman–Crippen LogP) is 4.01. The Morgan fingerprint density at radius 2 is 2.10 bits per heavy atom. The van der Waals surface area contributed by atoms with E-state index in [1.54, 1.807) is 18.3 Å². The highest BCUT2D eigenvalue weighted by Crippen LogP contribution is 2.30. The first-order valence-electron chi connectivity index (χ1n) is 7.70. The van der Waals surface area contributed by atoms with Crippen LogP contribution in [0.1, 0.15) is 50.8 Å². The Morgan fingerprint density at radius 3 is 2.80 bits per heavy atom. The molecular weight excluding hydrogens is 268 g/mol. The summed E-state index contributed by atoms with van der Waals surface area (Å²) in [4.78, 5) is 12.3. The number of hydrogen-bond donors (Lipinski definition) is 2. The summed E-state index contributed by atoms with van der Waals surface area (Å²) in [6, 6.07) is 1.98. The molecule has 0 radical (unpaired) electrons. The third-order valence-electron chi connectivity index (χ3n) is 4.21. The largest absolute Gasteiger partial charge is 0.325 e. The summed E-state index contributed by atoms with van der Waals surface area (Å²) in [5, 5.41) is 8.43. The highest BCUT2D eigenvalue weighted by molar-refractivity contribution is 7.10. The standard InChI is InChI=1S/C16H26N2OS/c1-12-3-5-14(6-4-12)7-9-17-11-16-15(8-10-20-16)18-13(2)19/h8,10,12,14,17H,3-7,9,11H2,1-2H3,(H,18,19). The van der Waals surface area contributed by atoms with Crippen molar-refractivity contribution in [3.8, 4) is 0 Å². The summed E-state index contributed by atoms with van der Waals surface area (Å²) >= 11 is 1.70. The Labute approximate surface area is 126 Å². The van der Waals surface area contributed by atoms with Gasteiger partial charge < -0.3 is 10.6 Å². The highest BCUT2D eigenvalue weighted by Gasteiger charge is 2.17. The summed E-state index contributed by atoms with van der Waals surface area (Å²) in [5.74, 6) is 1.85. The van der Waals surface area contributed by atoms with Gasteiger partial charge in [-0.05, 0) is 36.2 Å². The van der Waals surface area contributed by atoms with Crippen molar-refractivity contribution in [2.75, 3.05) is 11.9 Å². The molecule has 1 aromatic heterocycles. The minimum absolute atomic E-state index is 0.000903. The lowest BCUT2D eigenvalue weighted by Gasteiger charge is -2.26. The van der Waals surface area contributed by atoms with Gasteiger partial charge >= 0.3 is 0 Å². The molecule has 1 saturated carbocycles. The van der Waals surface area contributed by atoms with Crippen LogP contribution in [0.5, 0.6) is 0 Å². The van der Waals surface area contributed by atoms with Crippen LogP contribution < -0.4 is 10.6 Å². The van der Waals surface area contributed by atoms with Gasteiger partial charge in [0.2, 0.25) is 5.91 Å². The fourth-order valence-corrected chi connectivity index (χ4v) is 3.70. The van der Waals surface area contributed by atoms with E-state index in [-0.39, 0.29) is 5.91 Å². The number of rotatable bonds is 6. The Bertz CT molecular complexity index is 422. The summed E-state index contributed by atoms with van der Waals surface area (Å²) in [7, 11) is 0. The molecule has 1 fully saturated rings. The smallest absolute Gasteiger partial charge is 0.221 e. The minimum Gasteiger partial charge on any atom is -0.325 e. The molecule has 1 aliphatic carbocycles. The first-order valence-corrected chi connectivity index (χ1v) is 8.57. The van der Waals surface area contributed by atoms with Gasteiger partial charge in [-0.15, -0.1) is 11.3 Å². The van der Waals surface area contributed by atoms with Gasteiger partial charge in [0.05, 0.1) is 5.69 Å². The maximum Gasteiger partial charge on any atom is 0.221 e. The van der Waals surface area contributed by atoms with Gasteiger partial charge in [0.1, 0.15) is 0 Å². The first-order chi connectivity index (χ1) is 9.65. The molecule has 1 aromatic rings. The zero-order chi connectivity index (χ0) is 14.4. The second-order valence-electron chi connectivity index (χ2n) is 6.03. The molecule has 3 nitrogen and oxygen atoms in total. The molecule has 0 aliphatic heterocycles. The number of carbonyl (C=O) groups excluding carboxylic acids is 1. The van der Waals surface area contributed by atoms with Crippen LogP contribution in [0.3, 0.4) is 0 Å². The van der Waals surface area contributed by atoms with E-state index in [4.69, 9.17) is 0 Å². The second-order valence-corrected chi connectivity index (χ2v) is 7.03. The van der Waals surface area contributed by atoms with Crippen LogP contribution in [0.4, 0.5) is 5.69 Å². The Kier molecular flexibility index (Phi) is 6.05. The van der Waals surface area contributed by atoms with Crippen molar-refractivity contribution in [2.45, 2.75) is 52.5 Å². The third kappa shape index (κ3) is 4.91. The molecule has 2 rings (SSSR count). The number of carbonyl (C=O) groups is 1. The lowest BCUT2D eigenvalue weighted by molar-refractivity contribution is -0.114. The fourth-order valence-electron chi connectivity index (χ4n) is 2.90. The maximum atomic E-state index is 11.1. The van der Waals surface area contributed by atoms with E-state index in [9.17, 15) is 4.79 Å². The van der Waals surface area contributed by atoms with Crippen molar-refractivity contribution in [2.24, 2.45) is 11.8 Å². The van der Waals surface area contributed by atoms with Crippen LogP contribution >= 0.6 is 11.3 Å². The normalized spacial score (nSPS) is 22.7. The highest BCUT2D eigenvalue weighted by atomic mass is 32.1. The zero-order valence-electron chi connectivity index (χ0n) is 12.6. The molecule has 4 heteroatoms. The van der Waals surface area contributed by atoms with Gasteiger partial charge in [0.15, 0.2) is 0 Å². The molecule has 0 bridgehead atoms. The number of amides is 1. The van der Waals surface area contributed by atoms with Crippen molar-refractivity contribution < 1.29 is 4.79 Å². The SMILES string of the molecule is CC(=O)Nc1ccsc1CNCCC1CCC(C)CC1.